The van der Waals surface area contributed by atoms with Gasteiger partial charge < -0.3 is 14.9 Å². The number of hydrogen-bond acceptors (Lipinski definition) is 3. The van der Waals surface area contributed by atoms with E-state index >= 15 is 0 Å². The van der Waals surface area contributed by atoms with Crippen LogP contribution < -0.4 is 4.90 Å². The molecule has 3 aromatic carbocycles. The number of nitrogens with zero attached hydrogens (tertiary/aromatic N) is 2. The first-order chi connectivity index (χ1) is 18.1. The third kappa shape index (κ3) is 5.92. The highest BCUT2D eigenvalue weighted by atomic mass is 127. The van der Waals surface area contributed by atoms with Crippen molar-refractivity contribution in [3.8, 4) is 0 Å². The summed E-state index contributed by atoms with van der Waals surface area (Å²) in [6, 6.07) is 6.10. The van der Waals surface area contributed by atoms with Gasteiger partial charge in [-0.2, -0.15) is 26.3 Å². The number of amides is 1. The number of fused-ring (bicyclic) bond motifs is 1. The van der Waals surface area contributed by atoms with Gasteiger partial charge in [0.1, 0.15) is 5.82 Å². The second-order valence-electron chi connectivity index (χ2n) is 9.10. The van der Waals surface area contributed by atoms with Gasteiger partial charge in [-0.15, -0.1) is 0 Å². The second kappa shape index (κ2) is 10.5. The molecule has 0 saturated carbocycles. The van der Waals surface area contributed by atoms with Gasteiger partial charge in [0.15, 0.2) is 0 Å². The molecule has 0 aliphatic carbocycles. The van der Waals surface area contributed by atoms with Crippen molar-refractivity contribution in [2.45, 2.75) is 25.7 Å². The van der Waals surface area contributed by atoms with Crippen LogP contribution in [0.1, 0.15) is 32.6 Å². The molecule has 39 heavy (non-hydrogen) atoms. The molecule has 0 unspecified atom stereocenters. The first-order valence-electron chi connectivity index (χ1n) is 11.5. The maximum Gasteiger partial charge on any atom is 0.417 e. The minimum Gasteiger partial charge on any atom is -0.481 e. The Bertz CT molecular complexity index is 1460. The molecule has 1 N–H and O–H groups in total. The Hall–Kier alpha value is -3.10. The monoisotopic (exact) mass is 668 g/mol. The highest BCUT2D eigenvalue weighted by Crippen LogP contribution is 2.42. The van der Waals surface area contributed by atoms with Crippen molar-refractivity contribution in [2.75, 3.05) is 31.1 Å². The van der Waals surface area contributed by atoms with Crippen LogP contribution in [0, 0.1) is 16.3 Å². The summed E-state index contributed by atoms with van der Waals surface area (Å²) < 4.78 is 94.4. The molecule has 3 aromatic rings. The number of carboxylic acid groups (broad SMARTS) is 1. The molecule has 1 heterocycles. The van der Waals surface area contributed by atoms with E-state index in [2.05, 4.69) is 0 Å². The van der Waals surface area contributed by atoms with Crippen LogP contribution >= 0.6 is 22.6 Å². The van der Waals surface area contributed by atoms with Crippen molar-refractivity contribution in [3.05, 3.63) is 73.6 Å². The van der Waals surface area contributed by atoms with Gasteiger partial charge in [0.25, 0.3) is 5.91 Å². The van der Waals surface area contributed by atoms with Gasteiger partial charge in [-0.3, -0.25) is 9.59 Å². The van der Waals surface area contributed by atoms with E-state index in [1.54, 1.807) is 13.0 Å². The number of hydrogen-bond donors (Lipinski definition) is 1. The van der Waals surface area contributed by atoms with E-state index in [1.165, 1.54) is 50.6 Å². The van der Waals surface area contributed by atoms with Gasteiger partial charge in [-0.25, -0.2) is 4.39 Å². The van der Waals surface area contributed by atoms with E-state index in [0.717, 1.165) is 0 Å². The SMILES string of the molecule is Cc1c(CC(=O)O)cc2ccc(F)cc2c1C(=O)N1CCN(c2cc(C(F)(F)F)cc(C(F)(F)F)c2I)CC1. The summed E-state index contributed by atoms with van der Waals surface area (Å²) in [6.07, 6.45) is -10.4. The summed E-state index contributed by atoms with van der Waals surface area (Å²) in [5, 5.41) is 10.0. The molecule has 0 bridgehead atoms. The Morgan fingerprint density at radius 2 is 1.59 bits per heavy atom. The molecule has 0 spiro atoms. The average molecular weight is 668 g/mol. The average Bonchev–Trinajstić information content (AvgIpc) is 2.83. The van der Waals surface area contributed by atoms with Crippen molar-refractivity contribution in [1.82, 2.24) is 4.90 Å². The zero-order valence-corrected chi connectivity index (χ0v) is 22.3. The topological polar surface area (TPSA) is 60.9 Å². The molecule has 0 atom stereocenters. The fourth-order valence-corrected chi connectivity index (χ4v) is 5.63. The zero-order chi connectivity index (χ0) is 28.9. The molecular formula is C26H20F7IN2O3. The molecule has 4 rings (SSSR count). The lowest BCUT2D eigenvalue weighted by Gasteiger charge is -2.37. The quantitative estimate of drug-likeness (QED) is 0.254. The van der Waals surface area contributed by atoms with E-state index in [-0.39, 0.29) is 58.9 Å². The molecule has 1 aliphatic rings. The number of carbonyl (C=O) groups excluding carboxylic acids is 1. The first kappa shape index (κ1) is 28.9. The number of carboxylic acids is 1. The van der Waals surface area contributed by atoms with E-state index in [4.69, 9.17) is 0 Å². The normalized spacial score (nSPS) is 14.7. The van der Waals surface area contributed by atoms with Crippen LogP contribution in [0.15, 0.2) is 36.4 Å². The number of benzene rings is 3. The van der Waals surface area contributed by atoms with Gasteiger partial charge >= 0.3 is 18.3 Å². The maximum atomic E-state index is 14.1. The lowest BCUT2D eigenvalue weighted by atomic mass is 9.92. The lowest BCUT2D eigenvalue weighted by Crippen LogP contribution is -2.49. The largest absolute Gasteiger partial charge is 0.481 e. The molecule has 1 fully saturated rings. The van der Waals surface area contributed by atoms with Crippen molar-refractivity contribution in [3.63, 3.8) is 0 Å². The summed E-state index contributed by atoms with van der Waals surface area (Å²) in [4.78, 5) is 27.7. The molecule has 0 aromatic heterocycles. The first-order valence-corrected chi connectivity index (χ1v) is 12.6. The standard InChI is InChI=1S/C26H20F7IN2O3/c1-13-15(9-21(37)38)8-14-2-3-17(27)12-18(14)22(13)24(39)36-6-4-35(5-7-36)20-11-16(25(28,29)30)10-19(23(20)34)26(31,32)33/h2-3,8,10-12H,4-7,9H2,1H3,(H,37,38). The van der Waals surface area contributed by atoms with Crippen LogP contribution in [0.5, 0.6) is 0 Å². The number of piperazine rings is 1. The van der Waals surface area contributed by atoms with Crippen LogP contribution in [-0.2, 0) is 23.6 Å². The Morgan fingerprint density at radius 3 is 2.15 bits per heavy atom. The highest BCUT2D eigenvalue weighted by Gasteiger charge is 2.40. The minimum absolute atomic E-state index is 0.0358. The Labute approximate surface area is 231 Å². The molecule has 1 amide bonds. The van der Waals surface area contributed by atoms with Crippen molar-refractivity contribution in [2.24, 2.45) is 0 Å². The van der Waals surface area contributed by atoms with Gasteiger partial charge in [0.05, 0.1) is 28.8 Å². The fourth-order valence-electron chi connectivity index (χ4n) is 4.67. The van der Waals surface area contributed by atoms with Crippen LogP contribution in [-0.4, -0.2) is 48.1 Å². The molecule has 208 valence electrons. The molecule has 1 aliphatic heterocycles. The van der Waals surface area contributed by atoms with E-state index in [0.29, 0.717) is 22.6 Å². The smallest absolute Gasteiger partial charge is 0.417 e. The third-order valence-electron chi connectivity index (χ3n) is 6.62. The summed E-state index contributed by atoms with van der Waals surface area (Å²) in [5.41, 5.74) is -2.25. The Kier molecular flexibility index (Phi) is 7.76. The van der Waals surface area contributed by atoms with Crippen molar-refractivity contribution >= 4 is 50.9 Å². The zero-order valence-electron chi connectivity index (χ0n) is 20.2. The Balaban J connectivity index is 1.67. The molecule has 13 heteroatoms. The number of aliphatic carboxylic acids is 1. The van der Waals surface area contributed by atoms with Gasteiger partial charge in [-0.1, -0.05) is 12.1 Å². The molecule has 1 saturated heterocycles. The van der Waals surface area contributed by atoms with Crippen molar-refractivity contribution < 1.29 is 45.4 Å². The molecule has 5 nitrogen and oxygen atoms in total. The van der Waals surface area contributed by atoms with Gasteiger partial charge in [0, 0.05) is 29.7 Å². The van der Waals surface area contributed by atoms with Gasteiger partial charge in [-0.05, 0) is 75.7 Å². The Morgan fingerprint density at radius 1 is 0.949 bits per heavy atom. The number of rotatable bonds is 4. The van der Waals surface area contributed by atoms with Crippen LogP contribution in [0.4, 0.5) is 36.4 Å². The summed E-state index contributed by atoms with van der Waals surface area (Å²) in [6.45, 7) is 1.37. The minimum atomic E-state index is -5.00. The highest BCUT2D eigenvalue weighted by molar-refractivity contribution is 14.1. The number of anilines is 1. The predicted octanol–water partition coefficient (Wildman–Crippen LogP) is 6.52. The number of alkyl halides is 6. The second-order valence-corrected chi connectivity index (χ2v) is 10.2. The van der Waals surface area contributed by atoms with E-state index in [1.807, 2.05) is 0 Å². The van der Waals surface area contributed by atoms with E-state index < -0.39 is 41.2 Å². The van der Waals surface area contributed by atoms with Crippen molar-refractivity contribution in [1.29, 1.82) is 0 Å². The van der Waals surface area contributed by atoms with Crippen LogP contribution in [0.3, 0.4) is 0 Å². The number of halogens is 8. The molecule has 0 radical (unpaired) electrons. The van der Waals surface area contributed by atoms with Gasteiger partial charge in [0.2, 0.25) is 0 Å². The van der Waals surface area contributed by atoms with Crippen LogP contribution in [0.25, 0.3) is 10.8 Å². The summed E-state index contributed by atoms with van der Waals surface area (Å²) in [5.74, 6) is -2.27. The predicted molar refractivity (Wildman–Crippen MR) is 137 cm³/mol. The summed E-state index contributed by atoms with van der Waals surface area (Å²) >= 11 is 1.38. The third-order valence-corrected chi connectivity index (χ3v) is 7.75. The maximum absolute atomic E-state index is 14.1. The fraction of sp³-hybridized carbons (Fsp3) is 0.308. The number of carbonyl (C=O) groups is 2. The van der Waals surface area contributed by atoms with E-state index in [9.17, 15) is 45.4 Å². The van der Waals surface area contributed by atoms with Crippen LogP contribution in [0.2, 0.25) is 0 Å². The molecular weight excluding hydrogens is 648 g/mol. The lowest BCUT2D eigenvalue weighted by molar-refractivity contribution is -0.143. The summed E-state index contributed by atoms with van der Waals surface area (Å²) in [7, 11) is 0.